The van der Waals surface area contributed by atoms with Crippen LogP contribution in [0.25, 0.3) is 0 Å². The molecule has 1 aromatic rings. The van der Waals surface area contributed by atoms with Gasteiger partial charge in [-0.2, -0.15) is 0 Å². The molecule has 0 fully saturated rings. The highest BCUT2D eigenvalue weighted by Gasteiger charge is 2.13. The van der Waals surface area contributed by atoms with Crippen LogP contribution < -0.4 is 0 Å². The van der Waals surface area contributed by atoms with E-state index in [1.165, 1.54) is 0 Å². The molecule has 0 unspecified atom stereocenters. The Balaban J connectivity index is 3.33. The largest absolute Gasteiger partial charge is 0.505 e. The van der Waals surface area contributed by atoms with E-state index in [1.807, 2.05) is 0 Å². The highest BCUT2D eigenvalue weighted by Crippen LogP contribution is 2.22. The zero-order valence-electron chi connectivity index (χ0n) is 6.21. The number of carboxylic acid groups (broad SMARTS) is 1. The van der Waals surface area contributed by atoms with Crippen LogP contribution in [-0.2, 0) is 0 Å². The predicted molar refractivity (Wildman–Crippen MR) is 42.6 cm³/mol. The zero-order chi connectivity index (χ0) is 9.30. The average molecular weight is 188 g/mol. The van der Waals surface area contributed by atoms with E-state index in [-0.39, 0.29) is 10.7 Å². The second-order valence-corrected chi connectivity index (χ2v) is 2.64. The number of rotatable bonds is 1. The molecule has 5 heteroatoms. The Bertz CT molecular complexity index is 338. The lowest BCUT2D eigenvalue weighted by Gasteiger charge is -2.01. The van der Waals surface area contributed by atoms with Crippen molar-refractivity contribution in [3.8, 4) is 5.75 Å². The number of carbonyl (C=O) groups is 1. The van der Waals surface area contributed by atoms with Gasteiger partial charge >= 0.3 is 5.97 Å². The van der Waals surface area contributed by atoms with Gasteiger partial charge < -0.3 is 10.2 Å². The molecule has 0 saturated carbocycles. The number of aromatic nitrogens is 1. The van der Waals surface area contributed by atoms with E-state index in [9.17, 15) is 4.79 Å². The normalized spacial score (nSPS) is 9.83. The van der Waals surface area contributed by atoms with Crippen molar-refractivity contribution in [2.45, 2.75) is 6.92 Å². The van der Waals surface area contributed by atoms with Crippen molar-refractivity contribution in [3.63, 3.8) is 0 Å². The van der Waals surface area contributed by atoms with Crippen LogP contribution >= 0.6 is 11.6 Å². The molecule has 1 heterocycles. The monoisotopic (exact) mass is 187 g/mol. The van der Waals surface area contributed by atoms with Crippen molar-refractivity contribution in [2.75, 3.05) is 0 Å². The number of hydrogen-bond donors (Lipinski definition) is 2. The fraction of sp³-hybridized carbons (Fsp3) is 0.143. The van der Waals surface area contributed by atoms with E-state index in [2.05, 4.69) is 4.98 Å². The molecule has 64 valence electrons. The fourth-order valence-corrected chi connectivity index (χ4v) is 0.874. The topological polar surface area (TPSA) is 70.4 Å². The summed E-state index contributed by atoms with van der Waals surface area (Å²) in [4.78, 5) is 14.0. The second-order valence-electron chi connectivity index (χ2n) is 2.23. The van der Waals surface area contributed by atoms with Gasteiger partial charge in [-0.1, -0.05) is 11.6 Å². The first-order valence-corrected chi connectivity index (χ1v) is 3.49. The Morgan fingerprint density at radius 2 is 2.25 bits per heavy atom. The third kappa shape index (κ3) is 1.48. The van der Waals surface area contributed by atoms with E-state index in [1.54, 1.807) is 6.92 Å². The number of carboxylic acids is 1. The molecule has 1 aromatic heterocycles. The Morgan fingerprint density at radius 3 is 2.75 bits per heavy atom. The van der Waals surface area contributed by atoms with Crippen molar-refractivity contribution >= 4 is 17.6 Å². The maximum absolute atomic E-state index is 10.4. The first kappa shape index (κ1) is 8.80. The molecule has 0 atom stereocenters. The maximum Gasteiger partial charge on any atom is 0.358 e. The van der Waals surface area contributed by atoms with Gasteiger partial charge in [0, 0.05) is 6.07 Å². The Hall–Kier alpha value is -1.29. The van der Waals surface area contributed by atoms with Crippen molar-refractivity contribution in [1.82, 2.24) is 4.98 Å². The van der Waals surface area contributed by atoms with Gasteiger partial charge in [0.05, 0.1) is 10.7 Å². The summed E-state index contributed by atoms with van der Waals surface area (Å²) in [5.41, 5.74) is 0.00349. The first-order valence-electron chi connectivity index (χ1n) is 3.11. The van der Waals surface area contributed by atoms with Crippen molar-refractivity contribution in [1.29, 1.82) is 0 Å². The molecule has 0 aliphatic carbocycles. The molecule has 12 heavy (non-hydrogen) atoms. The van der Waals surface area contributed by atoms with Crippen molar-refractivity contribution in [2.24, 2.45) is 0 Å². The molecule has 4 nitrogen and oxygen atoms in total. The number of aryl methyl sites for hydroxylation is 1. The molecular weight excluding hydrogens is 182 g/mol. The van der Waals surface area contributed by atoms with Crippen LogP contribution in [0.2, 0.25) is 5.02 Å². The summed E-state index contributed by atoms with van der Waals surface area (Å²) in [6.07, 6.45) is 0. The highest BCUT2D eigenvalue weighted by atomic mass is 35.5. The number of hydrogen-bond acceptors (Lipinski definition) is 3. The lowest BCUT2D eigenvalue weighted by molar-refractivity contribution is 0.0686. The van der Waals surface area contributed by atoms with Crippen molar-refractivity contribution in [3.05, 3.63) is 22.5 Å². The minimum Gasteiger partial charge on any atom is -0.505 e. The minimum atomic E-state index is -1.27. The van der Waals surface area contributed by atoms with E-state index >= 15 is 0 Å². The summed E-state index contributed by atoms with van der Waals surface area (Å²) in [5.74, 6) is -1.69. The summed E-state index contributed by atoms with van der Waals surface area (Å²) < 4.78 is 0. The van der Waals surface area contributed by atoms with E-state index in [4.69, 9.17) is 21.8 Å². The molecule has 0 saturated heterocycles. The van der Waals surface area contributed by atoms with E-state index < -0.39 is 11.7 Å². The summed E-state index contributed by atoms with van der Waals surface area (Å²) in [7, 11) is 0. The van der Waals surface area contributed by atoms with Gasteiger partial charge in [-0.05, 0) is 6.92 Å². The minimum absolute atomic E-state index is 0.248. The third-order valence-electron chi connectivity index (χ3n) is 1.33. The number of pyridine rings is 1. The molecule has 2 N–H and O–H groups in total. The maximum atomic E-state index is 10.4. The Labute approximate surface area is 73.4 Å². The standard InChI is InChI=1S/C7H6ClNO3/c1-3-4(8)2-5(10)6(9-3)7(11)12/h2,10H,1H3,(H,11,12). The van der Waals surface area contributed by atoms with Crippen LogP contribution in [0.1, 0.15) is 16.2 Å². The molecule has 0 spiro atoms. The summed E-state index contributed by atoms with van der Waals surface area (Å²) in [6.45, 7) is 1.56. The molecular formula is C7H6ClNO3. The highest BCUT2D eigenvalue weighted by molar-refractivity contribution is 6.31. The van der Waals surface area contributed by atoms with Gasteiger partial charge in [0.1, 0.15) is 5.75 Å². The van der Waals surface area contributed by atoms with E-state index in [0.29, 0.717) is 5.69 Å². The summed E-state index contributed by atoms with van der Waals surface area (Å²) in [6, 6.07) is 1.16. The Kier molecular flexibility index (Phi) is 2.19. The molecule has 0 aromatic carbocycles. The van der Waals surface area contributed by atoms with Crippen LogP contribution in [0.5, 0.6) is 5.75 Å². The van der Waals surface area contributed by atoms with Crippen LogP contribution in [0.4, 0.5) is 0 Å². The fourth-order valence-electron chi connectivity index (χ4n) is 0.729. The second kappa shape index (κ2) is 2.98. The van der Waals surface area contributed by atoms with Gasteiger partial charge in [0.15, 0.2) is 5.69 Å². The zero-order valence-corrected chi connectivity index (χ0v) is 6.96. The number of aromatic hydroxyl groups is 1. The number of aromatic carboxylic acids is 1. The number of halogens is 1. The van der Waals surface area contributed by atoms with Gasteiger partial charge in [0.25, 0.3) is 0 Å². The van der Waals surface area contributed by atoms with Crippen LogP contribution in [0.3, 0.4) is 0 Å². The van der Waals surface area contributed by atoms with Gasteiger partial charge in [-0.15, -0.1) is 0 Å². The lowest BCUT2D eigenvalue weighted by Crippen LogP contribution is -2.02. The average Bonchev–Trinajstić information content (AvgIpc) is 1.96. The Morgan fingerprint density at radius 1 is 1.67 bits per heavy atom. The van der Waals surface area contributed by atoms with Gasteiger partial charge in [-0.3, -0.25) is 0 Å². The molecule has 0 radical (unpaired) electrons. The molecule has 0 aliphatic rings. The quantitative estimate of drug-likeness (QED) is 0.698. The molecule has 0 bridgehead atoms. The third-order valence-corrected chi connectivity index (χ3v) is 1.72. The molecule has 1 rings (SSSR count). The van der Waals surface area contributed by atoms with Gasteiger partial charge in [-0.25, -0.2) is 9.78 Å². The molecule has 0 aliphatic heterocycles. The lowest BCUT2D eigenvalue weighted by atomic mass is 10.3. The predicted octanol–water partition coefficient (Wildman–Crippen LogP) is 1.45. The summed E-state index contributed by atoms with van der Waals surface area (Å²) in [5, 5.41) is 17.8. The van der Waals surface area contributed by atoms with Crippen LogP contribution in [0, 0.1) is 6.92 Å². The van der Waals surface area contributed by atoms with Gasteiger partial charge in [0.2, 0.25) is 0 Å². The molecule has 0 amide bonds. The SMILES string of the molecule is Cc1nc(C(=O)O)c(O)cc1Cl. The van der Waals surface area contributed by atoms with E-state index in [0.717, 1.165) is 6.07 Å². The smallest absolute Gasteiger partial charge is 0.358 e. The van der Waals surface area contributed by atoms with Crippen molar-refractivity contribution < 1.29 is 15.0 Å². The van der Waals surface area contributed by atoms with Crippen LogP contribution in [-0.4, -0.2) is 21.2 Å². The summed E-state index contributed by atoms with van der Waals surface area (Å²) >= 11 is 5.58. The first-order chi connectivity index (χ1) is 5.52. The van der Waals surface area contributed by atoms with Crippen LogP contribution in [0.15, 0.2) is 6.07 Å². The number of nitrogens with zero attached hydrogens (tertiary/aromatic N) is 1.